The molecule has 0 unspecified atom stereocenters. The van der Waals surface area contributed by atoms with E-state index in [0.29, 0.717) is 48.5 Å². The molecule has 2 aromatic rings. The maximum atomic E-state index is 12.8. The third kappa shape index (κ3) is 6.35. The Labute approximate surface area is 193 Å². The molecule has 0 aliphatic carbocycles. The molecule has 1 heterocycles. The minimum absolute atomic E-state index is 0.0465. The fourth-order valence-electron chi connectivity index (χ4n) is 3.54. The van der Waals surface area contributed by atoms with Gasteiger partial charge in [0.2, 0.25) is 5.91 Å². The van der Waals surface area contributed by atoms with Gasteiger partial charge in [0, 0.05) is 36.9 Å². The molecule has 1 atom stereocenters. The Bertz CT molecular complexity index is 930. The van der Waals surface area contributed by atoms with Crippen molar-refractivity contribution >= 4 is 40.7 Å². The van der Waals surface area contributed by atoms with Crippen LogP contribution in [-0.2, 0) is 16.0 Å². The van der Waals surface area contributed by atoms with Gasteiger partial charge in [-0.2, -0.15) is 0 Å². The highest BCUT2D eigenvalue weighted by Gasteiger charge is 2.27. The number of nitrogens with one attached hydrogen (secondary N) is 1. The van der Waals surface area contributed by atoms with Gasteiger partial charge < -0.3 is 15.0 Å². The largest absolute Gasteiger partial charge is 0.479 e. The SMILES string of the molecule is CCc1ccccc1NC(=O)CN1CCN(C(=O)[C@@H](C)Oc2ccc(Cl)cc2Cl)CC1. The Balaban J connectivity index is 1.47. The smallest absolute Gasteiger partial charge is 0.263 e. The van der Waals surface area contributed by atoms with Crippen LogP contribution in [0, 0.1) is 0 Å². The van der Waals surface area contributed by atoms with Gasteiger partial charge in [0.1, 0.15) is 5.75 Å². The zero-order valence-electron chi connectivity index (χ0n) is 17.7. The maximum Gasteiger partial charge on any atom is 0.263 e. The summed E-state index contributed by atoms with van der Waals surface area (Å²) < 4.78 is 5.74. The molecule has 1 aliphatic rings. The van der Waals surface area contributed by atoms with Gasteiger partial charge in [-0.1, -0.05) is 48.3 Å². The Morgan fingerprint density at radius 2 is 1.81 bits per heavy atom. The predicted molar refractivity (Wildman–Crippen MR) is 124 cm³/mol. The molecular weight excluding hydrogens is 437 g/mol. The number of anilines is 1. The number of nitrogens with zero attached hydrogens (tertiary/aromatic N) is 2. The summed E-state index contributed by atoms with van der Waals surface area (Å²) in [6.45, 7) is 6.41. The second kappa shape index (κ2) is 10.8. The minimum Gasteiger partial charge on any atom is -0.479 e. The number of aryl methyl sites for hydroxylation is 1. The summed E-state index contributed by atoms with van der Waals surface area (Å²) in [6.07, 6.45) is 0.192. The van der Waals surface area contributed by atoms with Gasteiger partial charge in [-0.05, 0) is 43.2 Å². The summed E-state index contributed by atoms with van der Waals surface area (Å²) in [7, 11) is 0. The molecular formula is C23H27Cl2N3O3. The molecule has 0 radical (unpaired) electrons. The Hall–Kier alpha value is -2.28. The van der Waals surface area contributed by atoms with Gasteiger partial charge >= 0.3 is 0 Å². The fourth-order valence-corrected chi connectivity index (χ4v) is 3.99. The van der Waals surface area contributed by atoms with Gasteiger partial charge in [0.05, 0.1) is 11.6 Å². The molecule has 0 saturated carbocycles. The van der Waals surface area contributed by atoms with E-state index in [0.717, 1.165) is 17.7 Å². The Morgan fingerprint density at radius 3 is 2.48 bits per heavy atom. The first-order chi connectivity index (χ1) is 14.9. The third-order valence-electron chi connectivity index (χ3n) is 5.27. The number of carbonyl (C=O) groups is 2. The number of rotatable bonds is 7. The van der Waals surface area contributed by atoms with Gasteiger partial charge in [0.25, 0.3) is 5.91 Å². The molecule has 1 N–H and O–H groups in total. The molecule has 0 aromatic heterocycles. The number of ether oxygens (including phenoxy) is 1. The zero-order valence-corrected chi connectivity index (χ0v) is 19.2. The number of hydrogen-bond donors (Lipinski definition) is 1. The second-order valence-electron chi connectivity index (χ2n) is 7.50. The number of para-hydroxylation sites is 1. The van der Waals surface area contributed by atoms with Gasteiger partial charge in [0.15, 0.2) is 6.10 Å². The van der Waals surface area contributed by atoms with E-state index < -0.39 is 6.10 Å². The molecule has 1 fully saturated rings. The molecule has 6 nitrogen and oxygen atoms in total. The van der Waals surface area contributed by atoms with Crippen LogP contribution in [0.4, 0.5) is 5.69 Å². The van der Waals surface area contributed by atoms with Crippen LogP contribution in [0.15, 0.2) is 42.5 Å². The lowest BCUT2D eigenvalue weighted by Crippen LogP contribution is -2.53. The van der Waals surface area contributed by atoms with Crippen molar-refractivity contribution < 1.29 is 14.3 Å². The van der Waals surface area contributed by atoms with Crippen molar-refractivity contribution in [2.75, 3.05) is 38.0 Å². The summed E-state index contributed by atoms with van der Waals surface area (Å²) in [5, 5.41) is 3.87. The van der Waals surface area contributed by atoms with E-state index in [9.17, 15) is 9.59 Å². The first-order valence-electron chi connectivity index (χ1n) is 10.4. The van der Waals surface area contributed by atoms with Crippen LogP contribution in [0.2, 0.25) is 10.0 Å². The van der Waals surface area contributed by atoms with E-state index in [1.807, 2.05) is 24.3 Å². The summed E-state index contributed by atoms with van der Waals surface area (Å²) in [6, 6.07) is 12.7. The average molecular weight is 464 g/mol. The van der Waals surface area contributed by atoms with Crippen LogP contribution in [0.25, 0.3) is 0 Å². The summed E-state index contributed by atoms with van der Waals surface area (Å²) in [4.78, 5) is 29.0. The predicted octanol–water partition coefficient (Wildman–Crippen LogP) is 4.11. The van der Waals surface area contributed by atoms with Crippen LogP contribution in [0.1, 0.15) is 19.4 Å². The number of piperazine rings is 1. The zero-order chi connectivity index (χ0) is 22.4. The molecule has 0 bridgehead atoms. The summed E-state index contributed by atoms with van der Waals surface area (Å²) in [5.74, 6) is 0.274. The first kappa shape index (κ1) is 23.4. The van der Waals surface area contributed by atoms with Gasteiger partial charge in [-0.25, -0.2) is 0 Å². The standard InChI is InChI=1S/C23H27Cl2N3O3/c1-3-17-6-4-5-7-20(17)26-22(29)15-27-10-12-28(13-11-27)23(30)16(2)31-21-9-8-18(24)14-19(21)25/h4-9,14,16H,3,10-13,15H2,1-2H3,(H,26,29)/t16-/m1/s1. The van der Waals surface area contributed by atoms with E-state index in [2.05, 4.69) is 17.1 Å². The lowest BCUT2D eigenvalue weighted by Gasteiger charge is -2.35. The van der Waals surface area contributed by atoms with E-state index in [4.69, 9.17) is 27.9 Å². The molecule has 166 valence electrons. The molecule has 3 rings (SSSR count). The van der Waals surface area contributed by atoms with Crippen LogP contribution < -0.4 is 10.1 Å². The molecule has 31 heavy (non-hydrogen) atoms. The molecule has 0 spiro atoms. The number of halogens is 2. The van der Waals surface area contributed by atoms with Crippen molar-refractivity contribution in [1.29, 1.82) is 0 Å². The average Bonchev–Trinajstić information content (AvgIpc) is 2.76. The van der Waals surface area contributed by atoms with Crippen molar-refractivity contribution in [3.05, 3.63) is 58.1 Å². The number of benzene rings is 2. The van der Waals surface area contributed by atoms with Crippen LogP contribution in [-0.4, -0.2) is 60.4 Å². The first-order valence-corrected chi connectivity index (χ1v) is 11.1. The highest BCUT2D eigenvalue weighted by atomic mass is 35.5. The van der Waals surface area contributed by atoms with Gasteiger partial charge in [-0.3, -0.25) is 14.5 Å². The molecule has 1 saturated heterocycles. The number of amides is 2. The number of carbonyl (C=O) groups excluding carboxylic acids is 2. The highest BCUT2D eigenvalue weighted by Crippen LogP contribution is 2.28. The van der Waals surface area contributed by atoms with E-state index in [1.54, 1.807) is 30.0 Å². The topological polar surface area (TPSA) is 61.9 Å². The van der Waals surface area contributed by atoms with E-state index >= 15 is 0 Å². The van der Waals surface area contributed by atoms with Crippen LogP contribution >= 0.6 is 23.2 Å². The lowest BCUT2D eigenvalue weighted by atomic mass is 10.1. The summed E-state index contributed by atoms with van der Waals surface area (Å²) >= 11 is 12.0. The molecule has 2 amide bonds. The third-order valence-corrected chi connectivity index (χ3v) is 5.80. The van der Waals surface area contributed by atoms with Crippen molar-refractivity contribution in [3.8, 4) is 5.75 Å². The van der Waals surface area contributed by atoms with Crippen LogP contribution in [0.5, 0.6) is 5.75 Å². The fraction of sp³-hybridized carbons (Fsp3) is 0.391. The van der Waals surface area contributed by atoms with E-state index in [1.165, 1.54) is 0 Å². The van der Waals surface area contributed by atoms with Crippen molar-refractivity contribution in [3.63, 3.8) is 0 Å². The maximum absolute atomic E-state index is 12.8. The molecule has 1 aliphatic heterocycles. The molecule has 8 heteroatoms. The lowest BCUT2D eigenvalue weighted by molar-refractivity contribution is -0.139. The summed E-state index contributed by atoms with van der Waals surface area (Å²) in [5.41, 5.74) is 1.97. The highest BCUT2D eigenvalue weighted by molar-refractivity contribution is 6.35. The van der Waals surface area contributed by atoms with Crippen molar-refractivity contribution in [1.82, 2.24) is 9.80 Å². The Morgan fingerprint density at radius 1 is 1.10 bits per heavy atom. The van der Waals surface area contributed by atoms with Crippen molar-refractivity contribution in [2.24, 2.45) is 0 Å². The minimum atomic E-state index is -0.668. The quantitative estimate of drug-likeness (QED) is 0.670. The van der Waals surface area contributed by atoms with Crippen LogP contribution in [0.3, 0.4) is 0 Å². The second-order valence-corrected chi connectivity index (χ2v) is 8.34. The molecule has 2 aromatic carbocycles. The van der Waals surface area contributed by atoms with E-state index in [-0.39, 0.29) is 11.8 Å². The Kier molecular flexibility index (Phi) is 8.18. The normalized spacial score (nSPS) is 15.4. The van der Waals surface area contributed by atoms with Crippen molar-refractivity contribution in [2.45, 2.75) is 26.4 Å². The van der Waals surface area contributed by atoms with Gasteiger partial charge in [-0.15, -0.1) is 0 Å². The monoisotopic (exact) mass is 463 g/mol. The number of hydrogen-bond acceptors (Lipinski definition) is 4.